The highest BCUT2D eigenvalue weighted by Gasteiger charge is 2.11. The lowest BCUT2D eigenvalue weighted by molar-refractivity contribution is 0.232. The number of rotatable bonds is 5. The van der Waals surface area contributed by atoms with Gasteiger partial charge in [0.25, 0.3) is 0 Å². The molecule has 1 heterocycles. The normalized spacial score (nSPS) is 12.2. The topological polar surface area (TPSA) is 47.0 Å². The van der Waals surface area contributed by atoms with Crippen LogP contribution in [0.2, 0.25) is 0 Å². The zero-order valence-electron chi connectivity index (χ0n) is 11.8. The number of nitrogens with zero attached hydrogens (tertiary/aromatic N) is 2. The van der Waals surface area contributed by atoms with Crippen molar-refractivity contribution in [2.45, 2.75) is 32.9 Å². The van der Waals surface area contributed by atoms with Crippen molar-refractivity contribution in [1.29, 1.82) is 0 Å². The molecule has 0 amide bonds. The SMILES string of the molecule is CC(C)Oc1ccnc(NC(C)c2ccccc2F)n1. The third-order valence-corrected chi connectivity index (χ3v) is 2.70. The van der Waals surface area contributed by atoms with E-state index in [-0.39, 0.29) is 18.0 Å². The van der Waals surface area contributed by atoms with Crippen LogP contribution in [0.1, 0.15) is 32.4 Å². The van der Waals surface area contributed by atoms with Gasteiger partial charge in [0, 0.05) is 17.8 Å². The molecule has 1 atom stereocenters. The fourth-order valence-corrected chi connectivity index (χ4v) is 1.82. The van der Waals surface area contributed by atoms with Gasteiger partial charge in [-0.3, -0.25) is 0 Å². The first-order chi connectivity index (χ1) is 9.56. The maximum absolute atomic E-state index is 13.7. The van der Waals surface area contributed by atoms with Crippen LogP contribution in [0.5, 0.6) is 5.88 Å². The Balaban J connectivity index is 2.12. The maximum Gasteiger partial charge on any atom is 0.226 e. The van der Waals surface area contributed by atoms with Crippen LogP contribution in [0.4, 0.5) is 10.3 Å². The number of halogens is 1. The van der Waals surface area contributed by atoms with Crippen molar-refractivity contribution >= 4 is 5.95 Å². The first-order valence-electron chi connectivity index (χ1n) is 6.57. The van der Waals surface area contributed by atoms with Crippen molar-refractivity contribution in [1.82, 2.24) is 9.97 Å². The van der Waals surface area contributed by atoms with E-state index < -0.39 is 0 Å². The van der Waals surface area contributed by atoms with Crippen LogP contribution in [0.3, 0.4) is 0 Å². The van der Waals surface area contributed by atoms with Gasteiger partial charge in [0.2, 0.25) is 11.8 Å². The minimum Gasteiger partial charge on any atom is -0.475 e. The Hall–Kier alpha value is -2.17. The highest BCUT2D eigenvalue weighted by atomic mass is 19.1. The van der Waals surface area contributed by atoms with Gasteiger partial charge in [0.05, 0.1) is 12.1 Å². The molecule has 1 N–H and O–H groups in total. The molecule has 4 nitrogen and oxygen atoms in total. The molecule has 1 unspecified atom stereocenters. The zero-order chi connectivity index (χ0) is 14.5. The van der Waals surface area contributed by atoms with Crippen LogP contribution in [0, 0.1) is 5.82 Å². The minimum absolute atomic E-state index is 0.0433. The lowest BCUT2D eigenvalue weighted by Crippen LogP contribution is -2.12. The average Bonchev–Trinajstić information content (AvgIpc) is 2.38. The number of anilines is 1. The molecule has 2 rings (SSSR count). The Labute approximate surface area is 118 Å². The van der Waals surface area contributed by atoms with E-state index in [0.717, 1.165) is 0 Å². The lowest BCUT2D eigenvalue weighted by Gasteiger charge is -2.15. The summed E-state index contributed by atoms with van der Waals surface area (Å²) in [5.74, 6) is 0.666. The third kappa shape index (κ3) is 3.66. The Morgan fingerprint density at radius 1 is 1.15 bits per heavy atom. The second kappa shape index (κ2) is 6.32. The molecule has 1 aromatic heterocycles. The van der Waals surface area contributed by atoms with Gasteiger partial charge >= 0.3 is 0 Å². The van der Waals surface area contributed by atoms with Gasteiger partial charge in [0.1, 0.15) is 5.82 Å². The molecule has 106 valence electrons. The van der Waals surface area contributed by atoms with Crippen LogP contribution in [0.25, 0.3) is 0 Å². The summed E-state index contributed by atoms with van der Waals surface area (Å²) in [6.07, 6.45) is 1.66. The number of aromatic nitrogens is 2. The van der Waals surface area contributed by atoms with Crippen molar-refractivity contribution in [2.24, 2.45) is 0 Å². The van der Waals surface area contributed by atoms with Crippen LogP contribution < -0.4 is 10.1 Å². The molecule has 0 saturated carbocycles. The molecular formula is C15H18FN3O. The van der Waals surface area contributed by atoms with Gasteiger partial charge < -0.3 is 10.1 Å². The van der Waals surface area contributed by atoms with Gasteiger partial charge in [-0.15, -0.1) is 0 Å². The van der Waals surface area contributed by atoms with E-state index in [1.807, 2.05) is 20.8 Å². The van der Waals surface area contributed by atoms with Crippen LogP contribution in [0.15, 0.2) is 36.5 Å². The monoisotopic (exact) mass is 275 g/mol. The quantitative estimate of drug-likeness (QED) is 0.906. The molecule has 0 aliphatic carbocycles. The van der Waals surface area contributed by atoms with Gasteiger partial charge in [-0.25, -0.2) is 9.37 Å². The lowest BCUT2D eigenvalue weighted by atomic mass is 10.1. The summed E-state index contributed by atoms with van der Waals surface area (Å²) in [5.41, 5.74) is 0.575. The second-order valence-electron chi connectivity index (χ2n) is 4.77. The van der Waals surface area contributed by atoms with Crippen LogP contribution in [-0.2, 0) is 0 Å². The molecule has 0 fully saturated rings. The Kier molecular flexibility index (Phi) is 4.50. The summed E-state index contributed by atoms with van der Waals surface area (Å²) in [4.78, 5) is 8.36. The van der Waals surface area contributed by atoms with Crippen molar-refractivity contribution in [2.75, 3.05) is 5.32 Å². The van der Waals surface area contributed by atoms with E-state index in [0.29, 0.717) is 17.4 Å². The van der Waals surface area contributed by atoms with E-state index >= 15 is 0 Å². The number of hydrogen-bond donors (Lipinski definition) is 1. The van der Waals surface area contributed by atoms with E-state index in [9.17, 15) is 4.39 Å². The molecule has 2 aromatic rings. The zero-order valence-corrected chi connectivity index (χ0v) is 11.8. The van der Waals surface area contributed by atoms with Gasteiger partial charge in [-0.05, 0) is 26.8 Å². The summed E-state index contributed by atoms with van der Waals surface area (Å²) >= 11 is 0. The molecule has 5 heteroatoms. The fraction of sp³-hybridized carbons (Fsp3) is 0.333. The van der Waals surface area contributed by atoms with Crippen molar-refractivity contribution in [3.63, 3.8) is 0 Å². The average molecular weight is 275 g/mol. The van der Waals surface area contributed by atoms with E-state index in [4.69, 9.17) is 4.74 Å². The van der Waals surface area contributed by atoms with Gasteiger partial charge in [-0.2, -0.15) is 4.98 Å². The van der Waals surface area contributed by atoms with Crippen molar-refractivity contribution in [3.05, 3.63) is 47.9 Å². The number of nitrogens with one attached hydrogen (secondary N) is 1. The van der Waals surface area contributed by atoms with Crippen molar-refractivity contribution < 1.29 is 9.13 Å². The highest BCUT2D eigenvalue weighted by Crippen LogP contribution is 2.20. The van der Waals surface area contributed by atoms with E-state index in [1.54, 1.807) is 30.5 Å². The first-order valence-corrected chi connectivity index (χ1v) is 6.57. The summed E-state index contributed by atoms with van der Waals surface area (Å²) in [5, 5.41) is 3.07. The molecular weight excluding hydrogens is 257 g/mol. The molecule has 20 heavy (non-hydrogen) atoms. The number of benzene rings is 1. The van der Waals surface area contributed by atoms with Gasteiger partial charge in [0.15, 0.2) is 0 Å². The Morgan fingerprint density at radius 2 is 1.90 bits per heavy atom. The fourth-order valence-electron chi connectivity index (χ4n) is 1.82. The molecule has 0 aliphatic rings. The predicted octanol–water partition coefficient (Wildman–Crippen LogP) is 3.58. The van der Waals surface area contributed by atoms with Crippen LogP contribution in [-0.4, -0.2) is 16.1 Å². The largest absolute Gasteiger partial charge is 0.475 e. The number of ether oxygens (including phenoxy) is 1. The Bertz CT molecular complexity index is 575. The van der Waals surface area contributed by atoms with E-state index in [2.05, 4.69) is 15.3 Å². The maximum atomic E-state index is 13.7. The first kappa shape index (κ1) is 14.2. The molecule has 1 aromatic carbocycles. The Morgan fingerprint density at radius 3 is 2.60 bits per heavy atom. The highest BCUT2D eigenvalue weighted by molar-refractivity contribution is 5.33. The minimum atomic E-state index is -0.248. The van der Waals surface area contributed by atoms with Gasteiger partial charge in [-0.1, -0.05) is 18.2 Å². The standard InChI is InChI=1S/C15H18FN3O/c1-10(2)20-14-8-9-17-15(19-14)18-11(3)12-6-4-5-7-13(12)16/h4-11H,1-3H3,(H,17,18,19). The summed E-state index contributed by atoms with van der Waals surface area (Å²) in [7, 11) is 0. The third-order valence-electron chi connectivity index (χ3n) is 2.70. The van der Waals surface area contributed by atoms with Crippen LogP contribution >= 0.6 is 0 Å². The summed E-state index contributed by atoms with van der Waals surface area (Å²) in [6, 6.07) is 8.10. The molecule has 0 radical (unpaired) electrons. The second-order valence-corrected chi connectivity index (χ2v) is 4.77. The summed E-state index contributed by atoms with van der Waals surface area (Å²) in [6.45, 7) is 5.71. The molecule has 0 aliphatic heterocycles. The summed E-state index contributed by atoms with van der Waals surface area (Å²) < 4.78 is 19.2. The predicted molar refractivity (Wildman–Crippen MR) is 76.2 cm³/mol. The molecule has 0 saturated heterocycles. The molecule has 0 spiro atoms. The molecule has 0 bridgehead atoms. The van der Waals surface area contributed by atoms with E-state index in [1.165, 1.54) is 6.07 Å². The van der Waals surface area contributed by atoms with Crippen molar-refractivity contribution in [3.8, 4) is 5.88 Å². The smallest absolute Gasteiger partial charge is 0.226 e. The number of hydrogen-bond acceptors (Lipinski definition) is 4.